The average molecular weight is 254 g/mol. The van der Waals surface area contributed by atoms with Gasteiger partial charge in [-0.1, -0.05) is 13.8 Å². The minimum atomic E-state index is -0.0671. The van der Waals surface area contributed by atoms with Crippen LogP contribution in [-0.2, 0) is 4.74 Å². The Bertz CT molecular complexity index is 233. The van der Waals surface area contributed by atoms with Gasteiger partial charge in [-0.15, -0.1) is 0 Å². The Morgan fingerprint density at radius 2 is 1.94 bits per heavy atom. The fourth-order valence-electron chi connectivity index (χ4n) is 3.47. The molecule has 2 rings (SSSR count). The second-order valence-electron chi connectivity index (χ2n) is 7.13. The van der Waals surface area contributed by atoms with Crippen LogP contribution in [-0.4, -0.2) is 23.9 Å². The summed E-state index contributed by atoms with van der Waals surface area (Å²) in [5, 5.41) is 10.3. The molecule has 1 saturated heterocycles. The van der Waals surface area contributed by atoms with Crippen LogP contribution in [0, 0.1) is 11.3 Å². The van der Waals surface area contributed by atoms with Crippen molar-refractivity contribution in [3.63, 3.8) is 0 Å². The van der Waals surface area contributed by atoms with E-state index in [1.807, 2.05) is 0 Å². The molecule has 2 aliphatic rings. The van der Waals surface area contributed by atoms with Crippen LogP contribution in [0.2, 0.25) is 0 Å². The lowest BCUT2D eigenvalue weighted by Gasteiger charge is -2.36. The molecule has 1 aliphatic carbocycles. The largest absolute Gasteiger partial charge is 0.393 e. The lowest BCUT2D eigenvalue weighted by molar-refractivity contribution is 0.0441. The summed E-state index contributed by atoms with van der Waals surface area (Å²) in [5.41, 5.74) is 0.508. The first-order valence-electron chi connectivity index (χ1n) is 7.86. The maximum atomic E-state index is 10.3. The third kappa shape index (κ3) is 4.24. The van der Waals surface area contributed by atoms with Gasteiger partial charge in [-0.25, -0.2) is 0 Å². The third-order valence-electron chi connectivity index (χ3n) is 4.98. The normalized spacial score (nSPS) is 30.5. The fraction of sp³-hybridized carbons (Fsp3) is 1.00. The van der Waals surface area contributed by atoms with Gasteiger partial charge >= 0.3 is 0 Å². The molecule has 0 aromatic carbocycles. The predicted molar refractivity (Wildman–Crippen MR) is 74.6 cm³/mol. The lowest BCUT2D eigenvalue weighted by Crippen LogP contribution is -2.29. The maximum absolute atomic E-state index is 10.3. The van der Waals surface area contributed by atoms with Crippen LogP contribution in [0.3, 0.4) is 0 Å². The summed E-state index contributed by atoms with van der Waals surface area (Å²) >= 11 is 0. The molecule has 0 spiro atoms. The van der Waals surface area contributed by atoms with E-state index < -0.39 is 0 Å². The number of aliphatic hydroxyl groups excluding tert-OH is 1. The monoisotopic (exact) mass is 254 g/mol. The second-order valence-corrected chi connectivity index (χ2v) is 7.13. The number of hydrogen-bond acceptors (Lipinski definition) is 2. The van der Waals surface area contributed by atoms with Crippen LogP contribution in [0.25, 0.3) is 0 Å². The van der Waals surface area contributed by atoms with Gasteiger partial charge in [-0.3, -0.25) is 0 Å². The zero-order valence-electron chi connectivity index (χ0n) is 12.2. The zero-order chi connectivity index (χ0) is 13.0. The molecule has 1 saturated carbocycles. The van der Waals surface area contributed by atoms with Gasteiger partial charge in [0.1, 0.15) is 0 Å². The van der Waals surface area contributed by atoms with E-state index in [1.54, 1.807) is 0 Å². The van der Waals surface area contributed by atoms with Gasteiger partial charge in [-0.05, 0) is 69.1 Å². The Hall–Kier alpha value is -0.0800. The van der Waals surface area contributed by atoms with Gasteiger partial charge in [0.15, 0.2) is 0 Å². The van der Waals surface area contributed by atoms with Gasteiger partial charge in [0, 0.05) is 6.61 Å². The first-order chi connectivity index (χ1) is 8.57. The van der Waals surface area contributed by atoms with E-state index in [0.717, 1.165) is 25.9 Å². The Morgan fingerprint density at radius 1 is 1.22 bits per heavy atom. The number of hydrogen-bond donors (Lipinski definition) is 1. The summed E-state index contributed by atoms with van der Waals surface area (Å²) in [4.78, 5) is 0. The highest BCUT2D eigenvalue weighted by atomic mass is 16.5. The smallest absolute Gasteiger partial charge is 0.0576 e. The van der Waals surface area contributed by atoms with Crippen LogP contribution >= 0.6 is 0 Å². The predicted octanol–water partition coefficient (Wildman–Crippen LogP) is 3.91. The summed E-state index contributed by atoms with van der Waals surface area (Å²) in [6, 6.07) is 0. The van der Waals surface area contributed by atoms with Crippen molar-refractivity contribution in [2.24, 2.45) is 11.3 Å². The van der Waals surface area contributed by atoms with Crippen molar-refractivity contribution in [1.29, 1.82) is 0 Å². The SMILES string of the molecule is CC1(C)CCC(C(O)CCCC2CCCO2)CC1. The molecule has 18 heavy (non-hydrogen) atoms. The van der Waals surface area contributed by atoms with E-state index in [-0.39, 0.29) is 6.10 Å². The van der Waals surface area contributed by atoms with Gasteiger partial charge in [0.25, 0.3) is 0 Å². The number of rotatable bonds is 5. The molecule has 1 N–H and O–H groups in total. The van der Waals surface area contributed by atoms with Gasteiger partial charge in [-0.2, -0.15) is 0 Å². The van der Waals surface area contributed by atoms with Crippen LogP contribution in [0.4, 0.5) is 0 Å². The van der Waals surface area contributed by atoms with Crippen molar-refractivity contribution >= 4 is 0 Å². The Balaban J connectivity index is 1.61. The minimum Gasteiger partial charge on any atom is -0.393 e. The molecule has 0 aromatic heterocycles. The molecule has 1 heterocycles. The van der Waals surface area contributed by atoms with E-state index in [4.69, 9.17) is 4.74 Å². The van der Waals surface area contributed by atoms with E-state index in [1.165, 1.54) is 38.5 Å². The van der Waals surface area contributed by atoms with Gasteiger partial charge in [0.2, 0.25) is 0 Å². The molecule has 106 valence electrons. The van der Waals surface area contributed by atoms with Crippen molar-refractivity contribution in [2.75, 3.05) is 6.61 Å². The first-order valence-corrected chi connectivity index (χ1v) is 7.86. The molecule has 1 aliphatic heterocycles. The molecule has 0 radical (unpaired) electrons. The van der Waals surface area contributed by atoms with Crippen LogP contribution in [0.15, 0.2) is 0 Å². The number of ether oxygens (including phenoxy) is 1. The summed E-state index contributed by atoms with van der Waals surface area (Å²) < 4.78 is 5.63. The van der Waals surface area contributed by atoms with E-state index in [9.17, 15) is 5.11 Å². The molecule has 2 fully saturated rings. The van der Waals surface area contributed by atoms with Crippen molar-refractivity contribution in [1.82, 2.24) is 0 Å². The summed E-state index contributed by atoms with van der Waals surface area (Å²) in [6.07, 6.45) is 11.1. The van der Waals surface area contributed by atoms with Crippen molar-refractivity contribution in [3.8, 4) is 0 Å². The van der Waals surface area contributed by atoms with Crippen molar-refractivity contribution in [2.45, 2.75) is 83.8 Å². The lowest BCUT2D eigenvalue weighted by atomic mass is 9.71. The molecule has 2 nitrogen and oxygen atoms in total. The van der Waals surface area contributed by atoms with Gasteiger partial charge < -0.3 is 9.84 Å². The highest BCUT2D eigenvalue weighted by molar-refractivity contribution is 4.82. The Kier molecular flexibility index (Phi) is 5.08. The molecule has 2 atom stereocenters. The Labute approximate surface area is 112 Å². The molecule has 0 aromatic rings. The van der Waals surface area contributed by atoms with E-state index >= 15 is 0 Å². The maximum Gasteiger partial charge on any atom is 0.0576 e. The summed E-state index contributed by atoms with van der Waals surface area (Å²) in [7, 11) is 0. The molecule has 2 unspecified atom stereocenters. The highest BCUT2D eigenvalue weighted by Gasteiger charge is 2.30. The number of aliphatic hydroxyl groups is 1. The van der Waals surface area contributed by atoms with Crippen molar-refractivity contribution in [3.05, 3.63) is 0 Å². The van der Waals surface area contributed by atoms with Crippen LogP contribution in [0.5, 0.6) is 0 Å². The highest BCUT2D eigenvalue weighted by Crippen LogP contribution is 2.39. The topological polar surface area (TPSA) is 29.5 Å². The molecular formula is C16H30O2. The van der Waals surface area contributed by atoms with Crippen molar-refractivity contribution < 1.29 is 9.84 Å². The summed E-state index contributed by atoms with van der Waals surface area (Å²) in [5.74, 6) is 0.558. The second kappa shape index (κ2) is 6.38. The molecule has 0 bridgehead atoms. The van der Waals surface area contributed by atoms with Crippen LogP contribution in [0.1, 0.15) is 71.6 Å². The quantitative estimate of drug-likeness (QED) is 0.806. The zero-order valence-corrected chi connectivity index (χ0v) is 12.2. The summed E-state index contributed by atoms with van der Waals surface area (Å²) in [6.45, 7) is 5.66. The third-order valence-corrected chi connectivity index (χ3v) is 4.98. The molecule has 2 heteroatoms. The fourth-order valence-corrected chi connectivity index (χ4v) is 3.47. The van der Waals surface area contributed by atoms with Gasteiger partial charge in [0.05, 0.1) is 12.2 Å². The first kappa shape index (κ1) is 14.3. The molecular weight excluding hydrogens is 224 g/mol. The Morgan fingerprint density at radius 3 is 2.56 bits per heavy atom. The minimum absolute atomic E-state index is 0.0671. The van der Waals surface area contributed by atoms with Crippen LogP contribution < -0.4 is 0 Å². The standard InChI is InChI=1S/C16H30O2/c1-16(2)10-8-13(9-11-16)15(17)7-3-5-14-6-4-12-18-14/h13-15,17H,3-12H2,1-2H3. The average Bonchev–Trinajstić information content (AvgIpc) is 2.82. The van der Waals surface area contributed by atoms with E-state index in [0.29, 0.717) is 17.4 Å². The molecule has 0 amide bonds. The van der Waals surface area contributed by atoms with E-state index in [2.05, 4.69) is 13.8 Å².